The third-order valence-electron chi connectivity index (χ3n) is 7.33. The van der Waals surface area contributed by atoms with Gasteiger partial charge in [-0.3, -0.25) is 4.18 Å². The summed E-state index contributed by atoms with van der Waals surface area (Å²) < 4.78 is 137. The molecule has 0 spiro atoms. The first-order valence-corrected chi connectivity index (χ1v) is 15.2. The zero-order chi connectivity index (χ0) is 35.8. The first kappa shape index (κ1) is 38.0. The van der Waals surface area contributed by atoms with Crippen molar-refractivity contribution in [3.05, 3.63) is 53.6 Å². The molecule has 0 aliphatic carbocycles. The summed E-state index contributed by atoms with van der Waals surface area (Å²) >= 11 is 0. The maximum Gasteiger partial charge on any atom is 0.416 e. The number of halogens is 6. The number of methoxy groups -OCH3 is 1. The Hall–Kier alpha value is -2.83. The van der Waals surface area contributed by atoms with Crippen molar-refractivity contribution in [1.29, 1.82) is 0 Å². The second kappa shape index (κ2) is 14.6. The van der Waals surface area contributed by atoms with Gasteiger partial charge in [-0.15, -0.1) is 0 Å². The lowest BCUT2D eigenvalue weighted by atomic mass is 9.97. The van der Waals surface area contributed by atoms with Gasteiger partial charge in [-0.2, -0.15) is 34.8 Å². The van der Waals surface area contributed by atoms with Gasteiger partial charge >= 0.3 is 12.4 Å². The predicted octanol–water partition coefficient (Wildman–Crippen LogP) is 0.149. The van der Waals surface area contributed by atoms with Crippen LogP contribution in [0.4, 0.5) is 26.3 Å². The highest BCUT2D eigenvalue weighted by Gasteiger charge is 2.53. The monoisotopic (exact) mass is 724 g/mol. The maximum absolute atomic E-state index is 13.3. The summed E-state index contributed by atoms with van der Waals surface area (Å²) in [5.41, 5.74) is -4.01. The van der Waals surface area contributed by atoms with Gasteiger partial charge in [-0.05, 0) is 42.5 Å². The van der Waals surface area contributed by atoms with Gasteiger partial charge < -0.3 is 54.3 Å². The molecule has 2 aromatic carbocycles. The fourth-order valence-corrected chi connectivity index (χ4v) is 5.99. The van der Waals surface area contributed by atoms with Crippen molar-refractivity contribution < 1.29 is 93.3 Å². The molecule has 0 unspecified atom stereocenters. The van der Waals surface area contributed by atoms with Gasteiger partial charge in [0.2, 0.25) is 6.29 Å². The minimum absolute atomic E-state index is 0.137. The number of aliphatic hydroxyl groups is 6. The van der Waals surface area contributed by atoms with E-state index in [-0.39, 0.29) is 23.9 Å². The minimum atomic E-state index is -5.65. The van der Waals surface area contributed by atoms with Crippen LogP contribution in [0.15, 0.2) is 47.4 Å². The molecule has 2 heterocycles. The molecule has 2 aliphatic rings. The molecule has 270 valence electrons. The zero-order valence-electron chi connectivity index (χ0n) is 24.4. The van der Waals surface area contributed by atoms with Crippen LogP contribution >= 0.6 is 0 Å². The second-order valence-corrected chi connectivity index (χ2v) is 12.1. The molecule has 0 radical (unpaired) electrons. The molecule has 0 aromatic heterocycles. The molecule has 14 nitrogen and oxygen atoms in total. The van der Waals surface area contributed by atoms with Crippen molar-refractivity contribution >= 4 is 10.1 Å². The molecule has 4 rings (SSSR count). The molecule has 0 bridgehead atoms. The molecular weight excluding hydrogens is 694 g/mol. The smallest absolute Gasteiger partial charge is 0.416 e. The van der Waals surface area contributed by atoms with Crippen molar-refractivity contribution in [3.8, 4) is 11.5 Å². The van der Waals surface area contributed by atoms with Gasteiger partial charge in [-0.25, -0.2) is 0 Å². The van der Waals surface area contributed by atoms with Crippen LogP contribution < -0.4 is 9.47 Å². The second-order valence-electron chi connectivity index (χ2n) is 10.6. The van der Waals surface area contributed by atoms with E-state index in [9.17, 15) is 65.4 Å². The van der Waals surface area contributed by atoms with Gasteiger partial charge in [0.1, 0.15) is 60.3 Å². The molecule has 10 atom stereocenters. The number of benzene rings is 2. The van der Waals surface area contributed by atoms with E-state index >= 15 is 0 Å². The third-order valence-corrected chi connectivity index (χ3v) is 8.62. The largest absolute Gasteiger partial charge is 0.497 e. The Balaban J connectivity index is 1.57. The van der Waals surface area contributed by atoms with Gasteiger partial charge in [0, 0.05) is 0 Å². The fourth-order valence-electron chi connectivity index (χ4n) is 4.81. The number of hydrogen-bond donors (Lipinski definition) is 6. The van der Waals surface area contributed by atoms with E-state index in [1.165, 1.54) is 31.4 Å². The SMILES string of the molecule is COc1ccc(O[C@H]2O[C@H](CO)[C@@H](O[C@@H]3O[C@H](CO)[C@H](O)[C@H](OS(=O)(=O)c4cc(C(F)(F)F)cc(C(F)(F)F)c4)[C@H]3O)[C@H](O)[C@H]2O)cc1. The van der Waals surface area contributed by atoms with E-state index in [0.717, 1.165) is 0 Å². The van der Waals surface area contributed by atoms with E-state index in [1.54, 1.807) is 0 Å². The Morgan fingerprint density at radius 1 is 0.708 bits per heavy atom. The van der Waals surface area contributed by atoms with Crippen LogP contribution in [0, 0.1) is 0 Å². The fraction of sp³-hybridized carbons (Fsp3) is 0.556. The summed E-state index contributed by atoms with van der Waals surface area (Å²) in [4.78, 5) is -1.64. The standard InChI is InChI=1S/C27H30F6O14S/c1-42-13-2-4-14(5-3-13)43-24-20(38)19(37)22(17(10-35)45-24)46-25-21(39)23(18(36)16(9-34)44-25)47-48(40,41)15-7-11(26(28,29)30)6-12(8-15)27(31,32)33/h2-8,16-25,34-39H,9-10H2,1H3/t16-,17-,18+,19-,20-,21-,22-,23+,24+,25+/m1/s1. The van der Waals surface area contributed by atoms with Gasteiger partial charge in [-0.1, -0.05) is 0 Å². The van der Waals surface area contributed by atoms with Gasteiger partial charge in [0.25, 0.3) is 10.1 Å². The van der Waals surface area contributed by atoms with E-state index in [2.05, 4.69) is 0 Å². The van der Waals surface area contributed by atoms with Crippen molar-refractivity contribution in [2.45, 2.75) is 78.7 Å². The van der Waals surface area contributed by atoms with Crippen LogP contribution in [0.3, 0.4) is 0 Å². The number of hydrogen-bond acceptors (Lipinski definition) is 14. The van der Waals surface area contributed by atoms with Crippen LogP contribution in [0.2, 0.25) is 0 Å². The van der Waals surface area contributed by atoms with Crippen molar-refractivity contribution in [1.82, 2.24) is 0 Å². The molecular formula is C27H30F6O14S. The van der Waals surface area contributed by atoms with Crippen LogP contribution in [0.5, 0.6) is 11.5 Å². The average molecular weight is 725 g/mol. The predicted molar refractivity (Wildman–Crippen MR) is 143 cm³/mol. The van der Waals surface area contributed by atoms with Crippen LogP contribution in [0.1, 0.15) is 11.1 Å². The van der Waals surface area contributed by atoms with E-state index < -0.39 is 113 Å². The Morgan fingerprint density at radius 2 is 1.23 bits per heavy atom. The molecule has 2 saturated heterocycles. The van der Waals surface area contributed by atoms with E-state index in [4.69, 9.17) is 27.9 Å². The van der Waals surface area contributed by atoms with Crippen LogP contribution in [-0.2, 0) is 40.9 Å². The molecule has 48 heavy (non-hydrogen) atoms. The highest BCUT2D eigenvalue weighted by Crippen LogP contribution is 2.39. The lowest BCUT2D eigenvalue weighted by Crippen LogP contribution is -2.65. The first-order chi connectivity index (χ1) is 22.3. The lowest BCUT2D eigenvalue weighted by Gasteiger charge is -2.46. The summed E-state index contributed by atoms with van der Waals surface area (Å²) in [6, 6.07) is 5.22. The summed E-state index contributed by atoms with van der Waals surface area (Å²) in [6.45, 7) is -2.04. The number of alkyl halides is 6. The Kier molecular flexibility index (Phi) is 11.5. The molecule has 2 fully saturated rings. The third kappa shape index (κ3) is 8.30. The number of rotatable bonds is 10. The average Bonchev–Trinajstić information content (AvgIpc) is 3.03. The molecule has 0 amide bonds. The van der Waals surface area contributed by atoms with Crippen molar-refractivity contribution in [3.63, 3.8) is 0 Å². The quantitative estimate of drug-likeness (QED) is 0.142. The molecule has 6 N–H and O–H groups in total. The summed E-state index contributed by atoms with van der Waals surface area (Å²) in [6.07, 6.45) is -30.9. The van der Waals surface area contributed by atoms with E-state index in [0.29, 0.717) is 5.75 Å². The van der Waals surface area contributed by atoms with Crippen molar-refractivity contribution in [2.75, 3.05) is 20.3 Å². The summed E-state index contributed by atoms with van der Waals surface area (Å²) in [5, 5.41) is 62.6. The molecule has 2 aromatic rings. The Morgan fingerprint density at radius 3 is 1.73 bits per heavy atom. The molecule has 0 saturated carbocycles. The van der Waals surface area contributed by atoms with Crippen LogP contribution in [0.25, 0.3) is 0 Å². The van der Waals surface area contributed by atoms with Gasteiger partial charge in [0.15, 0.2) is 6.29 Å². The first-order valence-electron chi connectivity index (χ1n) is 13.7. The number of aliphatic hydroxyl groups excluding tert-OH is 6. The Labute approximate surface area is 267 Å². The highest BCUT2D eigenvalue weighted by atomic mass is 32.2. The Bertz CT molecular complexity index is 1460. The number of ether oxygens (including phenoxy) is 5. The summed E-state index contributed by atoms with van der Waals surface area (Å²) in [5.74, 6) is 0.598. The van der Waals surface area contributed by atoms with Gasteiger partial charge in [0.05, 0.1) is 36.3 Å². The minimum Gasteiger partial charge on any atom is -0.497 e. The lowest BCUT2D eigenvalue weighted by molar-refractivity contribution is -0.350. The summed E-state index contributed by atoms with van der Waals surface area (Å²) in [7, 11) is -4.23. The molecule has 21 heteroatoms. The van der Waals surface area contributed by atoms with E-state index in [1.807, 2.05) is 0 Å². The van der Waals surface area contributed by atoms with Crippen molar-refractivity contribution in [2.24, 2.45) is 0 Å². The van der Waals surface area contributed by atoms with Crippen LogP contribution in [-0.4, -0.2) is 121 Å². The highest BCUT2D eigenvalue weighted by molar-refractivity contribution is 7.86. The maximum atomic E-state index is 13.3. The molecule has 2 aliphatic heterocycles. The zero-order valence-corrected chi connectivity index (χ0v) is 25.2. The normalized spacial score (nSPS) is 31.8. The topological polar surface area (TPSA) is 211 Å².